The lowest BCUT2D eigenvalue weighted by Crippen LogP contribution is -2.16. The predicted octanol–water partition coefficient (Wildman–Crippen LogP) is 2.74. The van der Waals surface area contributed by atoms with Gasteiger partial charge in [0, 0.05) is 11.6 Å². The zero-order chi connectivity index (χ0) is 15.2. The minimum absolute atomic E-state index is 0.0439. The highest BCUT2D eigenvalue weighted by Gasteiger charge is 2.25. The molecule has 0 radical (unpaired) electrons. The minimum atomic E-state index is -3.88. The molecule has 0 aliphatic heterocycles. The van der Waals surface area contributed by atoms with Gasteiger partial charge in [-0.2, -0.15) is 8.42 Å². The monoisotopic (exact) mass is 342 g/mol. The van der Waals surface area contributed by atoms with E-state index in [0.717, 1.165) is 5.56 Å². The highest BCUT2D eigenvalue weighted by atomic mass is 35.5. The summed E-state index contributed by atoms with van der Waals surface area (Å²) in [4.78, 5) is 4.54. The number of nitrogen functional groups attached to an aromatic ring is 1. The first-order valence-corrected chi connectivity index (χ1v) is 8.62. The van der Waals surface area contributed by atoms with E-state index in [1.807, 2.05) is 6.92 Å². The van der Waals surface area contributed by atoms with Gasteiger partial charge in [0.25, 0.3) is 10.0 Å². The van der Waals surface area contributed by atoms with Gasteiger partial charge in [0.05, 0.1) is 10.7 Å². The first-order valence-electron chi connectivity index (χ1n) is 5.88. The van der Waals surface area contributed by atoms with Crippen LogP contribution in [0.25, 0.3) is 4.96 Å². The number of hydrogen-bond acceptors (Lipinski definition) is 5. The Morgan fingerprint density at radius 1 is 1.43 bits per heavy atom. The number of aromatic nitrogens is 2. The Balaban J connectivity index is 2.08. The van der Waals surface area contributed by atoms with Gasteiger partial charge in [-0.15, -0.1) is 11.3 Å². The number of sulfonamides is 1. The van der Waals surface area contributed by atoms with Crippen LogP contribution in [0.5, 0.6) is 0 Å². The van der Waals surface area contributed by atoms with Gasteiger partial charge in [-0.3, -0.25) is 9.12 Å². The van der Waals surface area contributed by atoms with Gasteiger partial charge >= 0.3 is 0 Å². The third-order valence-corrected chi connectivity index (χ3v) is 5.34. The summed E-state index contributed by atoms with van der Waals surface area (Å²) in [6.45, 7) is 1.87. The Hall–Kier alpha value is -1.77. The van der Waals surface area contributed by atoms with E-state index in [1.54, 1.807) is 29.8 Å². The molecule has 3 N–H and O–H groups in total. The molecule has 0 unspecified atom stereocenters. The lowest BCUT2D eigenvalue weighted by atomic mass is 10.2. The summed E-state index contributed by atoms with van der Waals surface area (Å²) in [6.07, 6.45) is 1.61. The van der Waals surface area contributed by atoms with Crippen LogP contribution in [0.4, 0.5) is 11.5 Å². The van der Waals surface area contributed by atoms with Crippen molar-refractivity contribution in [1.29, 1.82) is 0 Å². The van der Waals surface area contributed by atoms with Crippen LogP contribution in [0, 0.1) is 6.92 Å². The van der Waals surface area contributed by atoms with Crippen molar-refractivity contribution in [3.05, 3.63) is 40.4 Å². The van der Waals surface area contributed by atoms with Crippen LogP contribution in [0.1, 0.15) is 5.56 Å². The number of aryl methyl sites for hydroxylation is 1. The van der Waals surface area contributed by atoms with E-state index in [1.165, 1.54) is 15.7 Å². The van der Waals surface area contributed by atoms with Gasteiger partial charge in [-0.05, 0) is 24.6 Å². The molecule has 0 saturated heterocycles. The molecule has 110 valence electrons. The zero-order valence-corrected chi connectivity index (χ0v) is 13.3. The molecule has 2 aromatic heterocycles. The van der Waals surface area contributed by atoms with E-state index < -0.39 is 10.0 Å². The molecular formula is C12H11ClN4O2S2. The summed E-state index contributed by atoms with van der Waals surface area (Å²) in [5.74, 6) is -0.0439. The molecule has 0 atom stereocenters. The first-order chi connectivity index (χ1) is 9.88. The lowest BCUT2D eigenvalue weighted by Gasteiger charge is -2.09. The molecule has 6 nitrogen and oxygen atoms in total. The molecule has 0 saturated carbocycles. The van der Waals surface area contributed by atoms with Crippen LogP contribution in [-0.4, -0.2) is 17.8 Å². The third-order valence-electron chi connectivity index (χ3n) is 2.87. The van der Waals surface area contributed by atoms with E-state index in [-0.39, 0.29) is 10.8 Å². The summed E-state index contributed by atoms with van der Waals surface area (Å²) in [6, 6.07) is 5.06. The molecule has 0 aliphatic rings. The van der Waals surface area contributed by atoms with Crippen LogP contribution < -0.4 is 10.5 Å². The third kappa shape index (κ3) is 2.45. The summed E-state index contributed by atoms with van der Waals surface area (Å²) in [5.41, 5.74) is 6.96. The Kier molecular flexibility index (Phi) is 3.31. The average molecular weight is 343 g/mol. The molecule has 0 spiro atoms. The summed E-state index contributed by atoms with van der Waals surface area (Å²) in [7, 11) is -3.88. The molecule has 0 aliphatic carbocycles. The number of nitrogens with zero attached hydrogens (tertiary/aromatic N) is 2. The number of anilines is 2. The maximum absolute atomic E-state index is 12.5. The highest BCUT2D eigenvalue weighted by Crippen LogP contribution is 2.28. The highest BCUT2D eigenvalue weighted by molar-refractivity contribution is 7.92. The van der Waals surface area contributed by atoms with Gasteiger partial charge in [0.15, 0.2) is 10.8 Å². The van der Waals surface area contributed by atoms with Crippen molar-refractivity contribution in [2.24, 2.45) is 0 Å². The molecule has 3 aromatic rings. The zero-order valence-electron chi connectivity index (χ0n) is 10.9. The predicted molar refractivity (Wildman–Crippen MR) is 84.5 cm³/mol. The van der Waals surface area contributed by atoms with E-state index in [4.69, 9.17) is 17.3 Å². The SMILES string of the molecule is Cc1ccc(NS(=O)(=O)c2c(N)nc3sccn23)c(Cl)c1. The molecule has 0 fully saturated rings. The molecular weight excluding hydrogens is 332 g/mol. The Morgan fingerprint density at radius 3 is 2.90 bits per heavy atom. The fourth-order valence-electron chi connectivity index (χ4n) is 1.94. The van der Waals surface area contributed by atoms with Crippen LogP contribution in [0.2, 0.25) is 5.02 Å². The second-order valence-corrected chi connectivity index (χ2v) is 7.32. The molecule has 21 heavy (non-hydrogen) atoms. The van der Waals surface area contributed by atoms with Crippen molar-refractivity contribution < 1.29 is 8.42 Å². The van der Waals surface area contributed by atoms with Gasteiger partial charge < -0.3 is 5.73 Å². The fourth-order valence-corrected chi connectivity index (χ4v) is 4.35. The minimum Gasteiger partial charge on any atom is -0.381 e. The van der Waals surface area contributed by atoms with E-state index in [9.17, 15) is 8.42 Å². The number of imidazole rings is 1. The molecule has 0 bridgehead atoms. The first kappa shape index (κ1) is 14.2. The number of fused-ring (bicyclic) bond motifs is 1. The lowest BCUT2D eigenvalue weighted by molar-refractivity contribution is 0.597. The normalized spacial score (nSPS) is 11.9. The van der Waals surface area contributed by atoms with E-state index in [2.05, 4.69) is 9.71 Å². The number of hydrogen-bond donors (Lipinski definition) is 2. The average Bonchev–Trinajstić information content (AvgIpc) is 2.91. The number of nitrogens with two attached hydrogens (primary N) is 1. The number of halogens is 1. The van der Waals surface area contributed by atoms with Crippen molar-refractivity contribution in [3.8, 4) is 0 Å². The summed E-state index contributed by atoms with van der Waals surface area (Å²) < 4.78 is 28.9. The van der Waals surface area contributed by atoms with Gasteiger partial charge in [0.2, 0.25) is 5.03 Å². The molecule has 3 rings (SSSR count). The summed E-state index contributed by atoms with van der Waals surface area (Å²) in [5, 5.41) is 1.97. The second kappa shape index (κ2) is 4.90. The molecule has 2 heterocycles. The van der Waals surface area contributed by atoms with Crippen molar-refractivity contribution in [2.45, 2.75) is 11.9 Å². The van der Waals surface area contributed by atoms with Gasteiger partial charge in [-0.25, -0.2) is 4.98 Å². The Labute approximate surface area is 130 Å². The van der Waals surface area contributed by atoms with Crippen molar-refractivity contribution in [2.75, 3.05) is 10.5 Å². The fraction of sp³-hybridized carbons (Fsp3) is 0.0833. The van der Waals surface area contributed by atoms with Crippen LogP contribution in [0.3, 0.4) is 0 Å². The topological polar surface area (TPSA) is 89.5 Å². The number of benzene rings is 1. The van der Waals surface area contributed by atoms with Crippen LogP contribution in [0.15, 0.2) is 34.8 Å². The smallest absolute Gasteiger partial charge is 0.281 e. The molecule has 0 amide bonds. The van der Waals surface area contributed by atoms with E-state index >= 15 is 0 Å². The molecule has 1 aromatic carbocycles. The van der Waals surface area contributed by atoms with Gasteiger partial charge in [0.1, 0.15) is 0 Å². The van der Waals surface area contributed by atoms with Crippen molar-refractivity contribution in [3.63, 3.8) is 0 Å². The van der Waals surface area contributed by atoms with Crippen molar-refractivity contribution >= 4 is 49.4 Å². The largest absolute Gasteiger partial charge is 0.381 e. The van der Waals surface area contributed by atoms with Crippen LogP contribution >= 0.6 is 22.9 Å². The van der Waals surface area contributed by atoms with Gasteiger partial charge in [-0.1, -0.05) is 17.7 Å². The maximum atomic E-state index is 12.5. The standard InChI is InChI=1S/C12H11ClN4O2S2/c1-7-2-3-9(8(13)6-7)16-21(18,19)11-10(14)15-12-17(11)4-5-20-12/h2-6,16H,14H2,1H3. The number of nitrogens with one attached hydrogen (secondary N) is 1. The second-order valence-electron chi connectivity index (χ2n) is 4.45. The van der Waals surface area contributed by atoms with Crippen molar-refractivity contribution in [1.82, 2.24) is 9.38 Å². The molecule has 9 heteroatoms. The maximum Gasteiger partial charge on any atom is 0.281 e. The number of rotatable bonds is 3. The quantitative estimate of drug-likeness (QED) is 0.765. The van der Waals surface area contributed by atoms with Crippen LogP contribution in [-0.2, 0) is 10.0 Å². The Morgan fingerprint density at radius 2 is 2.19 bits per heavy atom. The van der Waals surface area contributed by atoms with E-state index in [0.29, 0.717) is 15.7 Å². The number of thiazole rings is 1. The Bertz CT molecular complexity index is 930. The summed E-state index contributed by atoms with van der Waals surface area (Å²) >= 11 is 7.36.